The normalized spacial score (nSPS) is 22.1. The van der Waals surface area contributed by atoms with Crippen molar-refractivity contribution in [2.24, 2.45) is 16.2 Å². The molecule has 1 radical (unpaired) electrons. The lowest BCUT2D eigenvalue weighted by Gasteiger charge is -2.69. The van der Waals surface area contributed by atoms with Gasteiger partial charge in [0.15, 0.2) is 10.8 Å². The summed E-state index contributed by atoms with van der Waals surface area (Å²) in [6, 6.07) is 25.3. The molecule has 2 atom stereocenters. The average Bonchev–Trinajstić information content (AvgIpc) is 0.781. The lowest BCUT2D eigenvalue weighted by molar-refractivity contribution is -0.248. The van der Waals surface area contributed by atoms with Crippen LogP contribution in [-0.4, -0.2) is 123 Å². The van der Waals surface area contributed by atoms with E-state index in [0.717, 1.165) is 84.9 Å². The van der Waals surface area contributed by atoms with Gasteiger partial charge in [-0.3, -0.25) is 34.2 Å². The van der Waals surface area contributed by atoms with Crippen LogP contribution in [0.3, 0.4) is 0 Å². The Kier molecular flexibility index (Phi) is 16.5. The Labute approximate surface area is 492 Å². The largest absolute Gasteiger partial charge is 0.493 e. The molecule has 6 amide bonds. The van der Waals surface area contributed by atoms with Crippen LogP contribution in [0.1, 0.15) is 118 Å². The Morgan fingerprint density at radius 3 is 2.46 bits per heavy atom. The molecule has 0 saturated heterocycles. The van der Waals surface area contributed by atoms with E-state index in [0.29, 0.717) is 110 Å². The summed E-state index contributed by atoms with van der Waals surface area (Å²) in [5, 5.41) is 22.1. The predicted octanol–water partition coefficient (Wildman–Crippen LogP) is 10.8. The molecule has 6 aliphatic rings. The molecule has 0 spiro atoms. The molecule has 20 heteroatoms. The molecule has 19 nitrogen and oxygen atoms in total. The number of thiazole rings is 1. The van der Waals surface area contributed by atoms with Gasteiger partial charge in [0.2, 0.25) is 5.91 Å². The Morgan fingerprint density at radius 1 is 0.881 bits per heavy atom. The second-order valence-electron chi connectivity index (χ2n) is 24.5. The number of anilines is 2. The summed E-state index contributed by atoms with van der Waals surface area (Å²) in [6.45, 7) is 9.77. The standard InChI is InChI=1S/C64H72N9O10S/c1-42-47(46-22-23-48(67-56(46)57(77)78)44-21-20-43-15-12-28-71(50(43)32-44)59(79)69-58-68-49-16-8-10-18-52(49)84-58)33-66-73(42)41-63-36-61(2)35-62(3,37-63)39-64(38-61,40-63)83-31-29-70(4)60(80)82-34-45-14-7-9-17-51(45)81-30-13-26-65-53(74)19-6-5-11-27-72-54(75)24-25-55(72)76/h7-8,10,14,16-18,20-25,32-33H,5-6,11-13,15,19,26-31,34-41H2,1-4H3,(H,65,74)(H,77,78)(H,68,69,79). The van der Waals surface area contributed by atoms with E-state index in [1.165, 1.54) is 28.4 Å². The van der Waals surface area contributed by atoms with E-state index in [2.05, 4.69) is 35.5 Å². The van der Waals surface area contributed by atoms with Crippen LogP contribution in [0.2, 0.25) is 0 Å². The molecule has 5 heterocycles. The van der Waals surface area contributed by atoms with E-state index in [1.807, 2.05) is 66.2 Å². The number of pyridine rings is 1. The highest BCUT2D eigenvalue weighted by Gasteiger charge is 2.66. The Bertz CT molecular complexity index is 3490. The lowest BCUT2D eigenvalue weighted by atomic mass is 9.39. The molecule has 3 aromatic carbocycles. The van der Waals surface area contributed by atoms with Crippen LogP contribution in [-0.2, 0) is 43.4 Å². The molecule has 4 saturated carbocycles. The maximum Gasteiger partial charge on any atom is 0.409 e. The Morgan fingerprint density at radius 2 is 1.68 bits per heavy atom. The van der Waals surface area contributed by atoms with Gasteiger partial charge in [0.25, 0.3) is 11.8 Å². The van der Waals surface area contributed by atoms with E-state index in [1.54, 1.807) is 41.2 Å². The lowest BCUT2D eigenvalue weighted by Crippen LogP contribution is -2.64. The number of aryl methyl sites for hydroxylation is 1. The zero-order valence-electron chi connectivity index (χ0n) is 48.2. The zero-order valence-corrected chi connectivity index (χ0v) is 49.0. The van der Waals surface area contributed by atoms with E-state index < -0.39 is 12.1 Å². The van der Waals surface area contributed by atoms with Crippen molar-refractivity contribution < 1.29 is 48.1 Å². The fraction of sp³-hybridized carbons (Fsp3) is 0.453. The van der Waals surface area contributed by atoms with Gasteiger partial charge in [-0.2, -0.15) is 5.10 Å². The fourth-order valence-corrected chi connectivity index (χ4v) is 15.6. The number of urea groups is 1. The number of unbranched alkanes of at least 4 members (excludes halogenated alkanes) is 2. The molecule has 12 rings (SSSR count). The molecule has 3 aromatic heterocycles. The van der Waals surface area contributed by atoms with Gasteiger partial charge >= 0.3 is 18.1 Å². The molecule has 6 aromatic rings. The minimum Gasteiger partial charge on any atom is -0.493 e. The minimum atomic E-state index is -1.15. The van der Waals surface area contributed by atoms with Crippen LogP contribution in [0.4, 0.5) is 20.4 Å². The van der Waals surface area contributed by atoms with Crippen molar-refractivity contribution in [3.05, 3.63) is 120 Å². The summed E-state index contributed by atoms with van der Waals surface area (Å²) >= 11 is 1.42. The van der Waals surface area contributed by atoms with Gasteiger partial charge in [0.05, 0.1) is 40.9 Å². The number of imide groups is 1. The number of hydrogen-bond donors (Lipinski definition) is 3. The number of amides is 6. The summed E-state index contributed by atoms with van der Waals surface area (Å²) in [5.41, 5.74) is 6.05. The maximum absolute atomic E-state index is 13.8. The van der Waals surface area contributed by atoms with Crippen molar-refractivity contribution in [2.75, 3.05) is 56.7 Å². The van der Waals surface area contributed by atoms with Crippen molar-refractivity contribution >= 4 is 68.2 Å². The summed E-state index contributed by atoms with van der Waals surface area (Å²) in [5.74, 6) is -1.25. The first-order valence-corrected chi connectivity index (χ1v) is 30.0. The third-order valence-corrected chi connectivity index (χ3v) is 18.3. The number of aromatic nitrogens is 4. The number of fused-ring (bicyclic) bond motifs is 2. The second-order valence-corrected chi connectivity index (χ2v) is 25.5. The quantitative estimate of drug-likeness (QED) is 0.0401. The predicted molar refractivity (Wildman–Crippen MR) is 317 cm³/mol. The Balaban J connectivity index is 0.674. The van der Waals surface area contributed by atoms with Crippen LogP contribution < -0.4 is 20.3 Å². The van der Waals surface area contributed by atoms with Crippen LogP contribution in [0.5, 0.6) is 5.75 Å². The number of nitrogens with one attached hydrogen (secondary N) is 2. The van der Waals surface area contributed by atoms with Crippen molar-refractivity contribution in [3.8, 4) is 28.1 Å². The third-order valence-electron chi connectivity index (χ3n) is 17.4. The highest BCUT2D eigenvalue weighted by atomic mass is 32.1. The molecule has 3 N–H and O–H groups in total. The van der Waals surface area contributed by atoms with Crippen molar-refractivity contribution in [1.29, 1.82) is 0 Å². The minimum absolute atomic E-state index is 0.00298. The van der Waals surface area contributed by atoms with Gasteiger partial charge in [-0.15, -0.1) is 0 Å². The van der Waals surface area contributed by atoms with Crippen LogP contribution in [0.25, 0.3) is 32.6 Å². The first kappa shape index (κ1) is 57.8. The van der Waals surface area contributed by atoms with Gasteiger partial charge in [0, 0.05) is 92.0 Å². The first-order valence-electron chi connectivity index (χ1n) is 29.2. The van der Waals surface area contributed by atoms with Crippen molar-refractivity contribution in [3.63, 3.8) is 0 Å². The van der Waals surface area contributed by atoms with Crippen LogP contribution in [0, 0.1) is 29.2 Å². The third kappa shape index (κ3) is 12.6. The van der Waals surface area contributed by atoms with Crippen molar-refractivity contribution in [2.45, 2.75) is 123 Å². The van der Waals surface area contributed by atoms with E-state index in [-0.39, 0.29) is 57.9 Å². The molecule has 4 bridgehead atoms. The van der Waals surface area contributed by atoms with E-state index >= 15 is 0 Å². The number of nitrogens with zero attached hydrogens (tertiary/aromatic N) is 7. The second kappa shape index (κ2) is 24.0. The molecule has 4 fully saturated rings. The summed E-state index contributed by atoms with van der Waals surface area (Å²) in [4.78, 5) is 89.8. The molecular formula is C64H72N9O10S. The number of carbonyl (C=O) groups is 6. The molecular weight excluding hydrogens is 1090 g/mol. The number of carboxylic acids is 1. The highest BCUT2D eigenvalue weighted by Crippen LogP contribution is 2.72. The SMILES string of the molecule is Cc1c(-c2ccc(-c3ccc4c(c3)N(C(=O)Nc3nc5ccccc5s3)CCC4)nc2C(=O)O)cnn1CC12CC3(C)CC(C)(C1)CC(OCCN(C)C(=O)OCc1cc[c]cc1OCCCNC(=O)CCCCCN1C(=O)C=CC1=O)(C3)C2. The number of likely N-dealkylation sites (N-methyl/N-ethyl adjacent to an activating group) is 1. The van der Waals surface area contributed by atoms with Gasteiger partial charge in [-0.1, -0.05) is 68.0 Å². The summed E-state index contributed by atoms with van der Waals surface area (Å²) < 4.78 is 21.8. The number of aromatic carboxylic acids is 1. The number of carbonyl (C=O) groups excluding carboxylic acids is 5. The smallest absolute Gasteiger partial charge is 0.409 e. The van der Waals surface area contributed by atoms with Gasteiger partial charge in [-0.05, 0) is 142 Å². The molecule has 2 aliphatic heterocycles. The number of rotatable bonds is 23. The monoisotopic (exact) mass is 1160 g/mol. The summed E-state index contributed by atoms with van der Waals surface area (Å²) in [7, 11) is 1.71. The maximum atomic E-state index is 13.8. The first-order chi connectivity index (χ1) is 40.4. The molecule has 4 aliphatic carbocycles. The zero-order chi connectivity index (χ0) is 58.8. The van der Waals surface area contributed by atoms with Gasteiger partial charge in [-0.25, -0.2) is 24.4 Å². The van der Waals surface area contributed by atoms with Crippen LogP contribution in [0.15, 0.2) is 91.1 Å². The number of para-hydroxylation sites is 1. The highest BCUT2D eigenvalue weighted by molar-refractivity contribution is 7.22. The molecule has 439 valence electrons. The Hall–Kier alpha value is -7.97. The van der Waals surface area contributed by atoms with Crippen LogP contribution >= 0.6 is 11.3 Å². The summed E-state index contributed by atoms with van der Waals surface area (Å²) in [6.07, 6.45) is 14.3. The van der Waals surface area contributed by atoms with Gasteiger partial charge < -0.3 is 29.5 Å². The molecule has 84 heavy (non-hydrogen) atoms. The van der Waals surface area contributed by atoms with Gasteiger partial charge in [0.1, 0.15) is 12.4 Å². The number of hydrogen-bond acceptors (Lipinski definition) is 13. The van der Waals surface area contributed by atoms with Crippen molar-refractivity contribution in [1.82, 2.24) is 34.9 Å². The number of ether oxygens (including phenoxy) is 3. The number of benzene rings is 3. The average molecular weight is 1160 g/mol. The molecule has 2 unspecified atom stereocenters. The van der Waals surface area contributed by atoms with E-state index in [4.69, 9.17) is 24.3 Å². The fourth-order valence-electron chi connectivity index (χ4n) is 14.8. The van der Waals surface area contributed by atoms with E-state index in [9.17, 15) is 33.9 Å². The number of carboxylic acid groups (broad SMARTS) is 1. The topological polar surface area (TPSA) is 228 Å².